The molecule has 4 heteroatoms. The molecule has 1 heterocycles. The van der Waals surface area contributed by atoms with Gasteiger partial charge in [-0.05, 0) is 37.5 Å². The molecule has 0 radical (unpaired) electrons. The topological polar surface area (TPSA) is 53.1 Å². The van der Waals surface area contributed by atoms with Gasteiger partial charge in [0.05, 0.1) is 23.7 Å². The van der Waals surface area contributed by atoms with Crippen LogP contribution in [0, 0.1) is 12.8 Å². The third-order valence-corrected chi connectivity index (χ3v) is 3.47. The van der Waals surface area contributed by atoms with Crippen molar-refractivity contribution in [3.05, 3.63) is 23.8 Å². The summed E-state index contributed by atoms with van der Waals surface area (Å²) in [6, 6.07) is 6.44. The molecule has 19 heavy (non-hydrogen) atoms. The highest BCUT2D eigenvalue weighted by Crippen LogP contribution is 2.28. The van der Waals surface area contributed by atoms with Gasteiger partial charge in [-0.25, -0.2) is 4.98 Å². The molecule has 1 unspecified atom stereocenters. The number of ether oxygens (including phenoxy) is 1. The highest BCUT2D eigenvalue weighted by atomic mass is 16.5. The maximum Gasteiger partial charge on any atom is 0.201 e. The molecule has 4 nitrogen and oxygen atoms in total. The van der Waals surface area contributed by atoms with Crippen molar-refractivity contribution in [2.45, 2.75) is 33.7 Å². The van der Waals surface area contributed by atoms with Gasteiger partial charge < -0.3 is 15.0 Å². The third-order valence-electron chi connectivity index (χ3n) is 3.47. The van der Waals surface area contributed by atoms with E-state index in [4.69, 9.17) is 10.5 Å². The zero-order valence-electron chi connectivity index (χ0n) is 12.2. The van der Waals surface area contributed by atoms with Gasteiger partial charge in [-0.15, -0.1) is 0 Å². The summed E-state index contributed by atoms with van der Waals surface area (Å²) >= 11 is 0. The molecule has 0 saturated heterocycles. The molecular formula is C15H23N3O. The number of anilines is 1. The number of imidazole rings is 1. The molecule has 2 rings (SSSR count). The van der Waals surface area contributed by atoms with Crippen LogP contribution in [0.1, 0.15) is 32.4 Å². The van der Waals surface area contributed by atoms with Gasteiger partial charge in [0.25, 0.3) is 0 Å². The zero-order valence-corrected chi connectivity index (χ0v) is 12.2. The minimum absolute atomic E-state index is 0.215. The summed E-state index contributed by atoms with van der Waals surface area (Å²) in [6.07, 6.45) is 0. The highest BCUT2D eigenvalue weighted by Gasteiger charge is 2.21. The van der Waals surface area contributed by atoms with Crippen molar-refractivity contribution in [1.82, 2.24) is 9.55 Å². The molecule has 1 aromatic heterocycles. The smallest absolute Gasteiger partial charge is 0.201 e. The van der Waals surface area contributed by atoms with Crippen LogP contribution in [0.4, 0.5) is 5.95 Å². The van der Waals surface area contributed by atoms with Gasteiger partial charge in [0.2, 0.25) is 5.95 Å². The Kier molecular flexibility index (Phi) is 4.10. The molecule has 104 valence electrons. The number of aromatic nitrogens is 2. The summed E-state index contributed by atoms with van der Waals surface area (Å²) < 4.78 is 7.72. The van der Waals surface area contributed by atoms with E-state index in [0.717, 1.165) is 17.6 Å². The van der Waals surface area contributed by atoms with Crippen molar-refractivity contribution >= 4 is 17.0 Å². The second-order valence-electron chi connectivity index (χ2n) is 5.30. The summed E-state index contributed by atoms with van der Waals surface area (Å²) in [5, 5.41) is 0. The predicted octanol–water partition coefficient (Wildman–Crippen LogP) is 3.16. The lowest BCUT2D eigenvalue weighted by atomic mass is 10.0. The maximum atomic E-state index is 6.11. The van der Waals surface area contributed by atoms with E-state index in [1.165, 1.54) is 5.56 Å². The van der Waals surface area contributed by atoms with Gasteiger partial charge in [-0.3, -0.25) is 0 Å². The van der Waals surface area contributed by atoms with E-state index < -0.39 is 0 Å². The van der Waals surface area contributed by atoms with E-state index in [0.29, 0.717) is 18.5 Å². The fourth-order valence-corrected chi connectivity index (χ4v) is 2.37. The molecule has 0 spiro atoms. The quantitative estimate of drug-likeness (QED) is 0.899. The normalized spacial score (nSPS) is 13.3. The second kappa shape index (κ2) is 5.61. The standard InChI is InChI=1S/C15H23N3O/c1-5-19-9-14(10(2)3)18-13-8-11(4)6-7-12(13)17-15(18)16/h6-8,10,14H,5,9H2,1-4H3,(H2,16,17). The van der Waals surface area contributed by atoms with E-state index in [-0.39, 0.29) is 6.04 Å². The van der Waals surface area contributed by atoms with Crippen molar-refractivity contribution in [3.63, 3.8) is 0 Å². The number of hydrogen-bond acceptors (Lipinski definition) is 3. The predicted molar refractivity (Wildman–Crippen MR) is 79.3 cm³/mol. The van der Waals surface area contributed by atoms with Crippen LogP contribution in [0.25, 0.3) is 11.0 Å². The first kappa shape index (κ1) is 13.9. The minimum Gasteiger partial charge on any atom is -0.380 e. The largest absolute Gasteiger partial charge is 0.380 e. The van der Waals surface area contributed by atoms with Crippen LogP contribution >= 0.6 is 0 Å². The summed E-state index contributed by atoms with van der Waals surface area (Å²) in [5.41, 5.74) is 9.37. The Hall–Kier alpha value is -1.55. The Morgan fingerprint density at radius 3 is 2.74 bits per heavy atom. The maximum absolute atomic E-state index is 6.11. The summed E-state index contributed by atoms with van der Waals surface area (Å²) in [6.45, 7) is 9.85. The number of nitrogen functional groups attached to an aromatic ring is 1. The third kappa shape index (κ3) is 2.73. The Morgan fingerprint density at radius 1 is 1.37 bits per heavy atom. The molecule has 0 aliphatic carbocycles. The molecule has 0 bridgehead atoms. The molecule has 0 aliphatic heterocycles. The first-order valence-corrected chi connectivity index (χ1v) is 6.86. The summed E-state index contributed by atoms with van der Waals surface area (Å²) in [4.78, 5) is 4.45. The first-order valence-electron chi connectivity index (χ1n) is 6.86. The fraction of sp³-hybridized carbons (Fsp3) is 0.533. The highest BCUT2D eigenvalue weighted by molar-refractivity contribution is 5.79. The van der Waals surface area contributed by atoms with Crippen LogP contribution in [0.5, 0.6) is 0 Å². The van der Waals surface area contributed by atoms with Crippen molar-refractivity contribution in [1.29, 1.82) is 0 Å². The minimum atomic E-state index is 0.215. The van der Waals surface area contributed by atoms with Crippen LogP contribution in [0.2, 0.25) is 0 Å². The molecule has 0 aliphatic rings. The zero-order chi connectivity index (χ0) is 14.0. The van der Waals surface area contributed by atoms with Gasteiger partial charge in [-0.2, -0.15) is 0 Å². The van der Waals surface area contributed by atoms with Crippen LogP contribution in [-0.2, 0) is 4.74 Å². The summed E-state index contributed by atoms with van der Waals surface area (Å²) in [5.74, 6) is 1.01. The van der Waals surface area contributed by atoms with Gasteiger partial charge in [0.15, 0.2) is 0 Å². The molecule has 2 aromatic rings. The Labute approximate surface area is 114 Å². The van der Waals surface area contributed by atoms with Crippen molar-refractivity contribution in [3.8, 4) is 0 Å². The summed E-state index contributed by atoms with van der Waals surface area (Å²) in [7, 11) is 0. The van der Waals surface area contributed by atoms with Crippen molar-refractivity contribution < 1.29 is 4.74 Å². The van der Waals surface area contributed by atoms with Gasteiger partial charge in [-0.1, -0.05) is 19.9 Å². The lowest BCUT2D eigenvalue weighted by molar-refractivity contribution is 0.0987. The Morgan fingerprint density at radius 2 is 2.11 bits per heavy atom. The van der Waals surface area contributed by atoms with Crippen LogP contribution in [0.3, 0.4) is 0 Å². The average molecular weight is 261 g/mol. The number of aryl methyl sites for hydroxylation is 1. The van der Waals surface area contributed by atoms with Crippen LogP contribution < -0.4 is 5.73 Å². The molecule has 2 N–H and O–H groups in total. The molecule has 1 atom stereocenters. The Balaban J connectivity index is 2.51. The average Bonchev–Trinajstić information content (AvgIpc) is 2.66. The molecule has 0 saturated carbocycles. The van der Waals surface area contributed by atoms with Crippen LogP contribution in [-0.4, -0.2) is 22.8 Å². The number of fused-ring (bicyclic) bond motifs is 1. The van der Waals surface area contributed by atoms with Crippen molar-refractivity contribution in [2.24, 2.45) is 5.92 Å². The SMILES string of the molecule is CCOCC(C(C)C)n1c(N)nc2ccc(C)cc21. The molecule has 0 fully saturated rings. The van der Waals surface area contributed by atoms with Gasteiger partial charge in [0.1, 0.15) is 0 Å². The van der Waals surface area contributed by atoms with E-state index in [9.17, 15) is 0 Å². The van der Waals surface area contributed by atoms with Gasteiger partial charge >= 0.3 is 0 Å². The molecule has 0 amide bonds. The Bertz CT molecular complexity index is 560. The second-order valence-corrected chi connectivity index (χ2v) is 5.30. The van der Waals surface area contributed by atoms with Gasteiger partial charge in [0, 0.05) is 6.61 Å². The number of benzene rings is 1. The molecular weight excluding hydrogens is 238 g/mol. The fourth-order valence-electron chi connectivity index (χ4n) is 2.37. The van der Waals surface area contributed by atoms with E-state index in [1.54, 1.807) is 0 Å². The van der Waals surface area contributed by atoms with E-state index >= 15 is 0 Å². The number of nitrogens with two attached hydrogens (primary N) is 1. The number of nitrogens with zero attached hydrogens (tertiary/aromatic N) is 2. The number of hydrogen-bond donors (Lipinski definition) is 1. The van der Waals surface area contributed by atoms with Crippen LogP contribution in [0.15, 0.2) is 18.2 Å². The van der Waals surface area contributed by atoms with Crippen molar-refractivity contribution in [2.75, 3.05) is 18.9 Å². The first-order chi connectivity index (χ1) is 9.04. The number of rotatable bonds is 5. The van der Waals surface area contributed by atoms with E-state index in [2.05, 4.69) is 42.5 Å². The monoisotopic (exact) mass is 261 g/mol. The van der Waals surface area contributed by atoms with E-state index in [1.807, 2.05) is 13.0 Å². The lowest BCUT2D eigenvalue weighted by Crippen LogP contribution is -2.22. The molecule has 1 aromatic carbocycles. The lowest BCUT2D eigenvalue weighted by Gasteiger charge is -2.24.